The molecule has 1 saturated heterocycles. The predicted molar refractivity (Wildman–Crippen MR) is 115 cm³/mol. The van der Waals surface area contributed by atoms with Crippen molar-refractivity contribution in [3.05, 3.63) is 71.3 Å². The molecular weight excluding hydrogens is 380 g/mol. The number of aliphatic hydroxyl groups excluding tert-OH is 1. The Kier molecular flexibility index (Phi) is 7.24. The van der Waals surface area contributed by atoms with E-state index >= 15 is 0 Å². The average molecular weight is 411 g/mol. The number of carbonyl (C=O) groups excluding carboxylic acids is 2. The zero-order chi connectivity index (χ0) is 21.6. The molecule has 160 valence electrons. The van der Waals surface area contributed by atoms with Gasteiger partial charge in [-0.05, 0) is 37.0 Å². The van der Waals surface area contributed by atoms with Crippen molar-refractivity contribution in [3.8, 4) is 0 Å². The Labute approximate surface area is 177 Å². The summed E-state index contributed by atoms with van der Waals surface area (Å²) in [6.07, 6.45) is 0.206. The van der Waals surface area contributed by atoms with Crippen LogP contribution < -0.4 is 5.32 Å². The van der Waals surface area contributed by atoms with Gasteiger partial charge in [0.1, 0.15) is 6.61 Å². The molecular formula is C24H30N2O4. The molecule has 1 aliphatic heterocycles. The summed E-state index contributed by atoms with van der Waals surface area (Å²) in [6, 6.07) is 17.0. The quantitative estimate of drug-likeness (QED) is 0.735. The first-order valence-electron chi connectivity index (χ1n) is 10.5. The number of aliphatic hydroxyl groups is 1. The van der Waals surface area contributed by atoms with E-state index in [2.05, 4.69) is 5.32 Å². The van der Waals surface area contributed by atoms with Crippen LogP contribution in [0.5, 0.6) is 0 Å². The average Bonchev–Trinajstić information content (AvgIpc) is 2.79. The van der Waals surface area contributed by atoms with Gasteiger partial charge in [0, 0.05) is 25.3 Å². The van der Waals surface area contributed by atoms with E-state index in [4.69, 9.17) is 4.74 Å². The molecule has 0 saturated carbocycles. The molecule has 30 heavy (non-hydrogen) atoms. The molecule has 6 nitrogen and oxygen atoms in total. The summed E-state index contributed by atoms with van der Waals surface area (Å²) >= 11 is 0. The van der Waals surface area contributed by atoms with Crippen molar-refractivity contribution >= 4 is 11.8 Å². The molecule has 2 aromatic rings. The van der Waals surface area contributed by atoms with Gasteiger partial charge in [-0.3, -0.25) is 9.59 Å². The van der Waals surface area contributed by atoms with Crippen LogP contribution in [0.25, 0.3) is 0 Å². The summed E-state index contributed by atoms with van der Waals surface area (Å²) in [6.45, 7) is 4.86. The maximum Gasteiger partial charge on any atom is 0.252 e. The van der Waals surface area contributed by atoms with Gasteiger partial charge in [-0.25, -0.2) is 0 Å². The van der Waals surface area contributed by atoms with Crippen LogP contribution in [0.15, 0.2) is 54.6 Å². The molecule has 1 fully saturated rings. The van der Waals surface area contributed by atoms with Gasteiger partial charge >= 0.3 is 0 Å². The Bertz CT molecular complexity index is 871. The van der Waals surface area contributed by atoms with E-state index in [9.17, 15) is 14.7 Å². The first-order valence-corrected chi connectivity index (χ1v) is 10.5. The Morgan fingerprint density at radius 3 is 2.50 bits per heavy atom. The highest BCUT2D eigenvalue weighted by Crippen LogP contribution is 2.34. The van der Waals surface area contributed by atoms with Crippen molar-refractivity contribution in [1.82, 2.24) is 10.2 Å². The second-order valence-corrected chi connectivity index (χ2v) is 7.54. The molecule has 0 unspecified atom stereocenters. The van der Waals surface area contributed by atoms with Gasteiger partial charge in [-0.1, -0.05) is 55.5 Å². The number of benzene rings is 2. The fourth-order valence-electron chi connectivity index (χ4n) is 4.05. The van der Waals surface area contributed by atoms with E-state index in [0.717, 1.165) is 17.5 Å². The molecule has 2 aromatic carbocycles. The van der Waals surface area contributed by atoms with Crippen LogP contribution >= 0.6 is 0 Å². The summed E-state index contributed by atoms with van der Waals surface area (Å²) in [7, 11) is 0. The molecule has 0 spiro atoms. The number of hydrogen-bond donors (Lipinski definition) is 2. The smallest absolute Gasteiger partial charge is 0.252 e. The van der Waals surface area contributed by atoms with E-state index in [1.54, 1.807) is 11.0 Å². The fraction of sp³-hybridized carbons (Fsp3) is 0.417. The minimum absolute atomic E-state index is 0.00219. The van der Waals surface area contributed by atoms with Crippen molar-refractivity contribution in [2.75, 3.05) is 26.3 Å². The highest BCUT2D eigenvalue weighted by atomic mass is 16.5. The van der Waals surface area contributed by atoms with Gasteiger partial charge in [0.2, 0.25) is 5.91 Å². The lowest BCUT2D eigenvalue weighted by Gasteiger charge is -2.46. The molecule has 0 aliphatic carbocycles. The number of carbonyl (C=O) groups is 2. The van der Waals surface area contributed by atoms with E-state index in [-0.39, 0.29) is 25.0 Å². The largest absolute Gasteiger partial charge is 0.388 e. The first-order chi connectivity index (χ1) is 14.5. The number of nitrogens with one attached hydrogen (secondary N) is 1. The number of nitrogens with zero attached hydrogens (tertiary/aromatic N) is 1. The van der Waals surface area contributed by atoms with Gasteiger partial charge in [-0.2, -0.15) is 0 Å². The summed E-state index contributed by atoms with van der Waals surface area (Å²) in [5.41, 5.74) is 1.42. The molecule has 0 bridgehead atoms. The lowest BCUT2D eigenvalue weighted by molar-refractivity contribution is -0.141. The third kappa shape index (κ3) is 4.55. The summed E-state index contributed by atoms with van der Waals surface area (Å²) in [5, 5.41) is 14.3. The molecule has 6 heteroatoms. The van der Waals surface area contributed by atoms with Crippen molar-refractivity contribution < 1.29 is 19.4 Å². The standard InChI is InChI=1S/C24H30N2O4/c1-3-18-10-8-9-13-20(18)23(29)25-24(19-11-6-5-7-12-19)14-15-26(16-21(24)27)22(28)17-30-4-2/h5-13,21,27H,3-4,14-17H2,1-2H3,(H,25,29)/t21-,24+/m1/s1. The number of piperidine rings is 1. The molecule has 1 heterocycles. The van der Waals surface area contributed by atoms with Gasteiger partial charge in [0.05, 0.1) is 11.6 Å². The summed E-state index contributed by atoms with van der Waals surface area (Å²) < 4.78 is 5.23. The topological polar surface area (TPSA) is 78.9 Å². The predicted octanol–water partition coefficient (Wildman–Crippen LogP) is 2.50. The van der Waals surface area contributed by atoms with Crippen LogP contribution in [0.1, 0.15) is 41.8 Å². The highest BCUT2D eigenvalue weighted by Gasteiger charge is 2.46. The van der Waals surface area contributed by atoms with E-state index in [1.165, 1.54) is 0 Å². The number of aryl methyl sites for hydroxylation is 1. The molecule has 0 radical (unpaired) electrons. The third-order valence-electron chi connectivity index (χ3n) is 5.79. The van der Waals surface area contributed by atoms with Crippen LogP contribution in [0.3, 0.4) is 0 Å². The monoisotopic (exact) mass is 410 g/mol. The lowest BCUT2D eigenvalue weighted by Crippen LogP contribution is -2.63. The maximum atomic E-state index is 13.3. The summed E-state index contributed by atoms with van der Waals surface area (Å²) in [4.78, 5) is 27.2. The fourth-order valence-corrected chi connectivity index (χ4v) is 4.05. The highest BCUT2D eigenvalue weighted by molar-refractivity contribution is 5.96. The van der Waals surface area contributed by atoms with E-state index in [1.807, 2.05) is 62.4 Å². The van der Waals surface area contributed by atoms with Gasteiger partial charge in [0.25, 0.3) is 5.91 Å². The Morgan fingerprint density at radius 1 is 1.13 bits per heavy atom. The second-order valence-electron chi connectivity index (χ2n) is 7.54. The van der Waals surface area contributed by atoms with E-state index in [0.29, 0.717) is 25.1 Å². The van der Waals surface area contributed by atoms with Crippen LogP contribution in [0.4, 0.5) is 0 Å². The number of hydrogen-bond acceptors (Lipinski definition) is 4. The van der Waals surface area contributed by atoms with Crippen LogP contribution in [0.2, 0.25) is 0 Å². The van der Waals surface area contributed by atoms with Crippen molar-refractivity contribution in [1.29, 1.82) is 0 Å². The first kappa shape index (κ1) is 22.0. The van der Waals surface area contributed by atoms with Crippen molar-refractivity contribution in [2.45, 2.75) is 38.3 Å². The Balaban J connectivity index is 1.88. The molecule has 2 N–H and O–H groups in total. The van der Waals surface area contributed by atoms with Crippen molar-refractivity contribution in [2.24, 2.45) is 0 Å². The van der Waals surface area contributed by atoms with E-state index < -0.39 is 11.6 Å². The molecule has 2 amide bonds. The Morgan fingerprint density at radius 2 is 1.83 bits per heavy atom. The third-order valence-corrected chi connectivity index (χ3v) is 5.79. The maximum absolute atomic E-state index is 13.3. The molecule has 3 rings (SSSR count). The molecule has 1 aliphatic rings. The minimum atomic E-state index is -0.971. The van der Waals surface area contributed by atoms with Crippen LogP contribution in [-0.4, -0.2) is 54.2 Å². The van der Waals surface area contributed by atoms with Gasteiger partial charge in [-0.15, -0.1) is 0 Å². The molecule has 2 atom stereocenters. The normalized spacial score (nSPS) is 21.3. The molecule has 0 aromatic heterocycles. The van der Waals surface area contributed by atoms with Crippen LogP contribution in [0, 0.1) is 0 Å². The zero-order valence-corrected chi connectivity index (χ0v) is 17.6. The lowest BCUT2D eigenvalue weighted by atomic mass is 9.78. The zero-order valence-electron chi connectivity index (χ0n) is 17.6. The van der Waals surface area contributed by atoms with Crippen molar-refractivity contribution in [3.63, 3.8) is 0 Å². The Hall–Kier alpha value is -2.70. The number of amides is 2. The number of ether oxygens (including phenoxy) is 1. The summed E-state index contributed by atoms with van der Waals surface area (Å²) in [5.74, 6) is -0.371. The SMILES string of the molecule is CCOCC(=O)N1CC[C@](NC(=O)c2ccccc2CC)(c2ccccc2)[C@H](O)C1. The van der Waals surface area contributed by atoms with Gasteiger partial charge in [0.15, 0.2) is 0 Å². The minimum Gasteiger partial charge on any atom is -0.388 e. The van der Waals surface area contributed by atoms with Gasteiger partial charge < -0.3 is 20.1 Å². The second kappa shape index (κ2) is 9.87. The number of likely N-dealkylation sites (tertiary alicyclic amines) is 1. The number of rotatable bonds is 7. The van der Waals surface area contributed by atoms with Crippen LogP contribution in [-0.2, 0) is 21.5 Å². The number of β-amino-alcohol motifs (C(OH)–C–C–N with tert-alkyl or cyclic N) is 1.